The summed E-state index contributed by atoms with van der Waals surface area (Å²) in [4.78, 5) is 10.5. The lowest BCUT2D eigenvalue weighted by atomic mass is 10.4. The van der Waals surface area contributed by atoms with Crippen LogP contribution in [0, 0.1) is 0 Å². The lowest BCUT2D eigenvalue weighted by Crippen LogP contribution is -2.19. The first-order valence-electron chi connectivity index (χ1n) is 5.10. The van der Waals surface area contributed by atoms with Crippen molar-refractivity contribution in [2.45, 2.75) is 19.8 Å². The van der Waals surface area contributed by atoms with Crippen molar-refractivity contribution in [1.82, 2.24) is 9.97 Å². The topological polar surface area (TPSA) is 38.2 Å². The van der Waals surface area contributed by atoms with Crippen LogP contribution in [0.4, 0.5) is 5.82 Å². The highest BCUT2D eigenvalue weighted by Crippen LogP contribution is 2.19. The standard InChI is InChI=1S/C10H15N3O/c1-2-14-10-7-9(11-8-12-10)13-5-3-4-6-13/h7-8H,2-6H2,1H3. The molecule has 0 saturated carbocycles. The van der Waals surface area contributed by atoms with Crippen molar-refractivity contribution < 1.29 is 4.74 Å². The third-order valence-electron chi connectivity index (χ3n) is 2.35. The normalized spacial score (nSPS) is 15.9. The molecular formula is C10H15N3O. The van der Waals surface area contributed by atoms with Crippen molar-refractivity contribution in [3.8, 4) is 5.88 Å². The Morgan fingerprint density at radius 1 is 1.36 bits per heavy atom. The van der Waals surface area contributed by atoms with Crippen molar-refractivity contribution >= 4 is 5.82 Å². The highest BCUT2D eigenvalue weighted by molar-refractivity contribution is 5.41. The number of hydrogen-bond acceptors (Lipinski definition) is 4. The first kappa shape index (κ1) is 9.24. The Morgan fingerprint density at radius 3 is 2.86 bits per heavy atom. The Morgan fingerprint density at radius 2 is 2.14 bits per heavy atom. The molecule has 0 unspecified atom stereocenters. The molecule has 2 rings (SSSR count). The average molecular weight is 193 g/mol. The second-order valence-corrected chi connectivity index (χ2v) is 3.34. The number of hydrogen-bond donors (Lipinski definition) is 0. The molecule has 76 valence electrons. The summed E-state index contributed by atoms with van der Waals surface area (Å²) in [6.45, 7) is 4.80. The van der Waals surface area contributed by atoms with E-state index >= 15 is 0 Å². The van der Waals surface area contributed by atoms with Crippen molar-refractivity contribution in [3.05, 3.63) is 12.4 Å². The molecule has 0 N–H and O–H groups in total. The van der Waals surface area contributed by atoms with Crippen LogP contribution in [0.2, 0.25) is 0 Å². The van der Waals surface area contributed by atoms with Gasteiger partial charge in [0, 0.05) is 19.2 Å². The van der Waals surface area contributed by atoms with Gasteiger partial charge >= 0.3 is 0 Å². The Kier molecular flexibility index (Phi) is 2.81. The molecule has 1 aliphatic heterocycles. The largest absolute Gasteiger partial charge is 0.478 e. The van der Waals surface area contributed by atoms with E-state index in [0.717, 1.165) is 18.9 Å². The number of aromatic nitrogens is 2. The number of ether oxygens (including phenoxy) is 1. The molecule has 0 aliphatic carbocycles. The van der Waals surface area contributed by atoms with Crippen molar-refractivity contribution in [1.29, 1.82) is 0 Å². The predicted molar refractivity (Wildman–Crippen MR) is 54.6 cm³/mol. The summed E-state index contributed by atoms with van der Waals surface area (Å²) < 4.78 is 5.33. The van der Waals surface area contributed by atoms with Crippen LogP contribution in [0.3, 0.4) is 0 Å². The predicted octanol–water partition coefficient (Wildman–Crippen LogP) is 1.48. The molecule has 14 heavy (non-hydrogen) atoms. The third kappa shape index (κ3) is 1.95. The van der Waals surface area contributed by atoms with Crippen LogP contribution in [0.1, 0.15) is 19.8 Å². The minimum absolute atomic E-state index is 0.649. The van der Waals surface area contributed by atoms with E-state index in [9.17, 15) is 0 Å². The highest BCUT2D eigenvalue weighted by atomic mass is 16.5. The molecule has 0 bridgehead atoms. The van der Waals surface area contributed by atoms with Gasteiger partial charge in [-0.05, 0) is 19.8 Å². The number of rotatable bonds is 3. The quantitative estimate of drug-likeness (QED) is 0.728. The van der Waals surface area contributed by atoms with Crippen molar-refractivity contribution in [3.63, 3.8) is 0 Å². The van der Waals surface area contributed by atoms with Gasteiger partial charge in [-0.15, -0.1) is 0 Å². The molecular weight excluding hydrogens is 178 g/mol. The van der Waals surface area contributed by atoms with Crippen LogP contribution in [0.15, 0.2) is 12.4 Å². The lowest BCUT2D eigenvalue weighted by molar-refractivity contribution is 0.326. The van der Waals surface area contributed by atoms with Crippen LogP contribution in [-0.4, -0.2) is 29.7 Å². The molecule has 4 heteroatoms. The van der Waals surface area contributed by atoms with Gasteiger partial charge in [0.2, 0.25) is 5.88 Å². The maximum Gasteiger partial charge on any atom is 0.218 e. The molecule has 0 spiro atoms. The maximum absolute atomic E-state index is 5.33. The Bertz CT molecular complexity index is 297. The molecule has 0 radical (unpaired) electrons. The molecule has 0 amide bonds. The zero-order valence-corrected chi connectivity index (χ0v) is 8.44. The van der Waals surface area contributed by atoms with E-state index in [1.807, 2.05) is 13.0 Å². The molecule has 1 aromatic rings. The van der Waals surface area contributed by atoms with Gasteiger partial charge in [-0.25, -0.2) is 9.97 Å². The minimum Gasteiger partial charge on any atom is -0.478 e. The Balaban J connectivity index is 2.12. The summed E-state index contributed by atoms with van der Waals surface area (Å²) in [5.41, 5.74) is 0. The molecule has 0 atom stereocenters. The van der Waals surface area contributed by atoms with E-state index in [0.29, 0.717) is 12.5 Å². The van der Waals surface area contributed by atoms with Crippen LogP contribution in [0.25, 0.3) is 0 Å². The average Bonchev–Trinajstić information content (AvgIpc) is 2.71. The fraction of sp³-hybridized carbons (Fsp3) is 0.600. The van der Waals surface area contributed by atoms with Crippen molar-refractivity contribution in [2.75, 3.05) is 24.6 Å². The second-order valence-electron chi connectivity index (χ2n) is 3.34. The van der Waals surface area contributed by atoms with Crippen LogP contribution >= 0.6 is 0 Å². The summed E-state index contributed by atoms with van der Waals surface area (Å²) in [5, 5.41) is 0. The number of anilines is 1. The summed E-state index contributed by atoms with van der Waals surface area (Å²) >= 11 is 0. The zero-order chi connectivity index (χ0) is 9.80. The van der Waals surface area contributed by atoms with Crippen molar-refractivity contribution in [2.24, 2.45) is 0 Å². The van der Waals surface area contributed by atoms with Gasteiger partial charge < -0.3 is 9.64 Å². The third-order valence-corrected chi connectivity index (χ3v) is 2.35. The molecule has 0 aromatic carbocycles. The number of nitrogens with zero attached hydrogens (tertiary/aromatic N) is 3. The monoisotopic (exact) mass is 193 g/mol. The van der Waals surface area contributed by atoms with Gasteiger partial charge in [-0.1, -0.05) is 0 Å². The SMILES string of the molecule is CCOc1cc(N2CCCC2)ncn1. The molecule has 1 aliphatic rings. The first-order valence-corrected chi connectivity index (χ1v) is 5.10. The minimum atomic E-state index is 0.649. The van der Waals surface area contributed by atoms with Crippen LogP contribution in [0.5, 0.6) is 5.88 Å². The van der Waals surface area contributed by atoms with Gasteiger partial charge in [-0.3, -0.25) is 0 Å². The zero-order valence-electron chi connectivity index (χ0n) is 8.44. The molecule has 1 aromatic heterocycles. The van der Waals surface area contributed by atoms with Gasteiger partial charge in [0.25, 0.3) is 0 Å². The van der Waals surface area contributed by atoms with Gasteiger partial charge in [0.05, 0.1) is 6.61 Å². The van der Waals surface area contributed by atoms with Crippen LogP contribution in [-0.2, 0) is 0 Å². The maximum atomic E-state index is 5.33. The highest BCUT2D eigenvalue weighted by Gasteiger charge is 2.13. The van der Waals surface area contributed by atoms with Gasteiger partial charge in [0.15, 0.2) is 0 Å². The van der Waals surface area contributed by atoms with Gasteiger partial charge in [0.1, 0.15) is 12.1 Å². The van der Waals surface area contributed by atoms with Crippen LogP contribution < -0.4 is 9.64 Å². The second kappa shape index (κ2) is 4.26. The smallest absolute Gasteiger partial charge is 0.218 e. The summed E-state index contributed by atoms with van der Waals surface area (Å²) in [6.07, 6.45) is 4.08. The van der Waals surface area contributed by atoms with E-state index < -0.39 is 0 Å². The summed E-state index contributed by atoms with van der Waals surface area (Å²) in [5.74, 6) is 1.66. The van der Waals surface area contributed by atoms with E-state index in [4.69, 9.17) is 4.74 Å². The lowest BCUT2D eigenvalue weighted by Gasteiger charge is -2.16. The van der Waals surface area contributed by atoms with Gasteiger partial charge in [-0.2, -0.15) is 0 Å². The summed E-state index contributed by atoms with van der Waals surface area (Å²) in [6, 6.07) is 1.91. The fourth-order valence-corrected chi connectivity index (χ4v) is 1.68. The Labute approximate surface area is 83.9 Å². The van der Waals surface area contributed by atoms with E-state index in [1.54, 1.807) is 6.33 Å². The summed E-state index contributed by atoms with van der Waals surface area (Å²) in [7, 11) is 0. The van der Waals surface area contributed by atoms with E-state index in [1.165, 1.54) is 12.8 Å². The molecule has 1 saturated heterocycles. The molecule has 1 fully saturated rings. The first-order chi connectivity index (χ1) is 6.90. The Hall–Kier alpha value is -1.32. The van der Waals surface area contributed by atoms with E-state index in [2.05, 4.69) is 14.9 Å². The fourth-order valence-electron chi connectivity index (χ4n) is 1.68. The molecule has 2 heterocycles. The molecule has 4 nitrogen and oxygen atoms in total. The van der Waals surface area contributed by atoms with E-state index in [-0.39, 0.29) is 0 Å².